The Morgan fingerprint density at radius 1 is 1.56 bits per heavy atom. The molecule has 1 fully saturated rings. The van der Waals surface area contributed by atoms with Gasteiger partial charge in [-0.25, -0.2) is 0 Å². The van der Waals surface area contributed by atoms with Gasteiger partial charge in [0.05, 0.1) is 1.41 Å². The first-order valence-electron chi connectivity index (χ1n) is 3.73. The first-order valence-corrected chi connectivity index (χ1v) is 3.29. The van der Waals surface area contributed by atoms with Crippen molar-refractivity contribution in [2.75, 3.05) is 6.54 Å². The molecule has 1 nitrogen and oxygen atoms in total. The third-order valence-electron chi connectivity index (χ3n) is 1.97. The fourth-order valence-electron chi connectivity index (χ4n) is 0.894. The average Bonchev–Trinajstić information content (AvgIpc) is 1.80. The Hall–Kier alpha value is 1.77. The summed E-state index contributed by atoms with van der Waals surface area (Å²) in [5, 5.41) is 1.55. The maximum Gasteiger partial charge on any atom is 1.00 e. The molecule has 0 bridgehead atoms. The number of nitrogens with one attached hydrogen (secondary N) is 1. The van der Waals surface area contributed by atoms with Crippen molar-refractivity contribution < 1.29 is 59.6 Å². The SMILES string of the molecule is [3H]N1[CH-]CC(C)C(C)C1.[Rb+]. The molecule has 1 rings (SSSR count). The number of hydrogen-bond donors (Lipinski definition) is 1. The largest absolute Gasteiger partial charge is 1.00 e. The summed E-state index contributed by atoms with van der Waals surface area (Å²) in [6, 6.07) is 0. The summed E-state index contributed by atoms with van der Waals surface area (Å²) in [4.78, 5) is 0. The van der Waals surface area contributed by atoms with Gasteiger partial charge in [-0.15, -0.1) is 0 Å². The second-order valence-electron chi connectivity index (χ2n) is 2.74. The van der Waals surface area contributed by atoms with E-state index in [0.29, 0.717) is 5.92 Å². The zero-order chi connectivity index (χ0) is 6.85. The van der Waals surface area contributed by atoms with Gasteiger partial charge in [-0.05, 0) is 12.5 Å². The third-order valence-corrected chi connectivity index (χ3v) is 1.97. The van der Waals surface area contributed by atoms with Crippen LogP contribution in [0.2, 0.25) is 1.41 Å². The molecule has 48 valence electrons. The van der Waals surface area contributed by atoms with E-state index < -0.39 is 0 Å². The van der Waals surface area contributed by atoms with Crippen LogP contribution in [-0.4, -0.2) is 6.54 Å². The number of piperidine rings is 1. The van der Waals surface area contributed by atoms with Crippen LogP contribution in [0.4, 0.5) is 0 Å². The standard InChI is InChI=1S/C7H14N.Rb/c1-6-3-4-8-5-7(6)2;/h4,6-8H,3,5H2,1-2H3;/q-1;+1/i/hT. The van der Waals surface area contributed by atoms with Crippen LogP contribution < -0.4 is 63.5 Å². The van der Waals surface area contributed by atoms with E-state index in [9.17, 15) is 0 Å². The zero-order valence-electron chi connectivity index (χ0n) is 7.59. The summed E-state index contributed by atoms with van der Waals surface area (Å²) >= 11 is 0. The summed E-state index contributed by atoms with van der Waals surface area (Å²) in [5.74, 6) is 1.46. The molecule has 0 aliphatic carbocycles. The van der Waals surface area contributed by atoms with Gasteiger partial charge in [0.15, 0.2) is 0 Å². The van der Waals surface area contributed by atoms with E-state index >= 15 is 0 Å². The van der Waals surface area contributed by atoms with Gasteiger partial charge in [-0.3, -0.25) is 6.54 Å². The molecule has 9 heavy (non-hydrogen) atoms. The molecule has 1 heterocycles. The normalized spacial score (nSPS) is 39.1. The fraction of sp³-hybridized carbons (Fsp3) is 0.857. The smallest absolute Gasteiger partial charge is 0.470 e. The monoisotopic (exact) mass is 199 g/mol. The quantitative estimate of drug-likeness (QED) is 0.465. The summed E-state index contributed by atoms with van der Waals surface area (Å²) in [5.41, 5.74) is 0. The molecule has 0 spiro atoms. The Morgan fingerprint density at radius 2 is 2.22 bits per heavy atom. The van der Waals surface area contributed by atoms with Crippen LogP contribution in [0.3, 0.4) is 0 Å². The maximum atomic E-state index is 7.27. The van der Waals surface area contributed by atoms with E-state index in [2.05, 4.69) is 13.8 Å². The number of rotatable bonds is 0. The van der Waals surface area contributed by atoms with Crippen LogP contribution in [0.25, 0.3) is 0 Å². The van der Waals surface area contributed by atoms with Crippen LogP contribution in [0.5, 0.6) is 0 Å². The fourth-order valence-corrected chi connectivity index (χ4v) is 0.894. The Morgan fingerprint density at radius 3 is 2.67 bits per heavy atom. The summed E-state index contributed by atoms with van der Waals surface area (Å²) in [6.45, 7) is 7.32. The molecule has 0 aromatic carbocycles. The van der Waals surface area contributed by atoms with Gasteiger partial charge >= 0.3 is 58.2 Å². The van der Waals surface area contributed by atoms with Gasteiger partial charge in [0, 0.05) is 0 Å². The summed E-state index contributed by atoms with van der Waals surface area (Å²) in [6.07, 6.45) is 1.07. The van der Waals surface area contributed by atoms with E-state index in [4.69, 9.17) is 1.41 Å². The molecule has 0 amide bonds. The Kier molecular flexibility index (Phi) is 5.33. The Labute approximate surface area is 108 Å². The third kappa shape index (κ3) is 3.61. The van der Waals surface area contributed by atoms with Crippen molar-refractivity contribution in [2.24, 2.45) is 11.8 Å². The molecular formula is C7H14NRb. The van der Waals surface area contributed by atoms with Crippen molar-refractivity contribution in [1.29, 1.82) is 0 Å². The average molecular weight is 200 g/mol. The van der Waals surface area contributed by atoms with E-state index in [1.807, 2.05) is 6.54 Å². The van der Waals surface area contributed by atoms with Crippen LogP contribution in [-0.2, 0) is 0 Å². The van der Waals surface area contributed by atoms with Crippen LogP contribution >= 0.6 is 0 Å². The van der Waals surface area contributed by atoms with Gasteiger partial charge in [-0.2, -0.15) is 6.42 Å². The van der Waals surface area contributed by atoms with Crippen molar-refractivity contribution >= 4 is 0 Å². The molecule has 2 heteroatoms. The van der Waals surface area contributed by atoms with Crippen LogP contribution in [0.15, 0.2) is 0 Å². The Balaban J connectivity index is 0.000000810. The minimum absolute atomic E-state index is 0. The van der Waals surface area contributed by atoms with Crippen molar-refractivity contribution in [1.82, 2.24) is 5.31 Å². The molecule has 1 aliphatic rings. The van der Waals surface area contributed by atoms with Gasteiger partial charge in [0.25, 0.3) is 0 Å². The first-order chi connectivity index (χ1) is 4.20. The van der Waals surface area contributed by atoms with Gasteiger partial charge < -0.3 is 5.31 Å². The topological polar surface area (TPSA) is 12.0 Å². The van der Waals surface area contributed by atoms with Gasteiger partial charge in [-0.1, -0.05) is 19.8 Å². The molecule has 1 saturated heterocycles. The summed E-state index contributed by atoms with van der Waals surface area (Å²) < 4.78 is 7.27. The van der Waals surface area contributed by atoms with Crippen molar-refractivity contribution in [3.63, 3.8) is 0 Å². The van der Waals surface area contributed by atoms with Crippen LogP contribution in [0, 0.1) is 18.4 Å². The molecule has 1 N–H and O–H groups in total. The predicted molar refractivity (Wildman–Crippen MR) is 35.2 cm³/mol. The van der Waals surface area contributed by atoms with Crippen molar-refractivity contribution in [2.45, 2.75) is 20.3 Å². The molecular weight excluding hydrogens is 184 g/mol. The predicted octanol–water partition coefficient (Wildman–Crippen LogP) is -1.58. The van der Waals surface area contributed by atoms with E-state index in [0.717, 1.165) is 18.9 Å². The first kappa shape index (κ1) is 8.86. The van der Waals surface area contributed by atoms with E-state index in [1.165, 1.54) is 0 Å². The second kappa shape index (κ2) is 5.42. The molecule has 0 radical (unpaired) electrons. The van der Waals surface area contributed by atoms with Gasteiger partial charge in [0.2, 0.25) is 0 Å². The molecule has 1 aliphatic heterocycles. The van der Waals surface area contributed by atoms with Crippen molar-refractivity contribution in [3.8, 4) is 0 Å². The molecule has 0 aromatic rings. The van der Waals surface area contributed by atoms with Crippen LogP contribution in [0.1, 0.15) is 20.3 Å². The minimum atomic E-state index is 0. The van der Waals surface area contributed by atoms with E-state index in [-0.39, 0.29) is 58.2 Å². The molecule has 0 saturated carbocycles. The van der Waals surface area contributed by atoms with E-state index in [1.54, 1.807) is 5.31 Å². The molecule has 0 aromatic heterocycles. The molecule has 2 unspecified atom stereocenters. The zero-order valence-corrected chi connectivity index (χ0v) is 11.5. The maximum absolute atomic E-state index is 7.27. The summed E-state index contributed by atoms with van der Waals surface area (Å²) in [7, 11) is 0. The second-order valence-corrected chi connectivity index (χ2v) is 2.74. The Bertz CT molecular complexity index is 99.6. The number of hydrogen-bond acceptors (Lipinski definition) is 1. The molecule has 2 atom stereocenters. The van der Waals surface area contributed by atoms with Gasteiger partial charge in [0.1, 0.15) is 0 Å². The minimum Gasteiger partial charge on any atom is -0.470 e. The van der Waals surface area contributed by atoms with Crippen molar-refractivity contribution in [3.05, 3.63) is 6.54 Å².